The summed E-state index contributed by atoms with van der Waals surface area (Å²) in [7, 11) is 0. The summed E-state index contributed by atoms with van der Waals surface area (Å²) in [5, 5.41) is 3.47. The van der Waals surface area contributed by atoms with Gasteiger partial charge in [-0.15, -0.1) is 0 Å². The molecule has 2 rings (SSSR count). The summed E-state index contributed by atoms with van der Waals surface area (Å²) >= 11 is 3.56. The lowest BCUT2D eigenvalue weighted by atomic mass is 10.1. The molecular formula is C16H24BrN3O. The van der Waals surface area contributed by atoms with Crippen molar-refractivity contribution in [3.05, 3.63) is 28.2 Å². The minimum absolute atomic E-state index is 0.176. The van der Waals surface area contributed by atoms with Crippen molar-refractivity contribution in [2.45, 2.75) is 26.8 Å². The monoisotopic (exact) mass is 353 g/mol. The van der Waals surface area contributed by atoms with Gasteiger partial charge < -0.3 is 15.1 Å². The molecule has 0 unspecified atom stereocenters. The van der Waals surface area contributed by atoms with Gasteiger partial charge >= 0.3 is 0 Å². The molecule has 21 heavy (non-hydrogen) atoms. The summed E-state index contributed by atoms with van der Waals surface area (Å²) in [5.74, 6) is 0.176. The minimum atomic E-state index is 0.176. The average Bonchev–Trinajstić information content (AvgIpc) is 2.48. The standard InChI is InChI=1S/C16H24BrN3O/c1-3-6-18-12-14-11-15(17)4-5-16(14)20-9-7-19(8-10-20)13(2)21/h4-5,11,18H,3,6-10,12H2,1-2H3. The Kier molecular flexibility index (Phi) is 6.06. The van der Waals surface area contributed by atoms with Gasteiger partial charge in [0.2, 0.25) is 5.91 Å². The van der Waals surface area contributed by atoms with Gasteiger partial charge in [0.15, 0.2) is 0 Å². The fraction of sp³-hybridized carbons (Fsp3) is 0.562. The SMILES string of the molecule is CCCNCc1cc(Br)ccc1N1CCN(C(C)=O)CC1. The van der Waals surface area contributed by atoms with Crippen LogP contribution in [0.5, 0.6) is 0 Å². The van der Waals surface area contributed by atoms with E-state index in [2.05, 4.69) is 51.3 Å². The Hall–Kier alpha value is -1.07. The van der Waals surface area contributed by atoms with Crippen LogP contribution in [0.25, 0.3) is 0 Å². The fourth-order valence-electron chi connectivity index (χ4n) is 2.67. The van der Waals surface area contributed by atoms with Gasteiger partial charge in [0, 0.05) is 49.8 Å². The zero-order chi connectivity index (χ0) is 15.2. The minimum Gasteiger partial charge on any atom is -0.368 e. The van der Waals surface area contributed by atoms with Crippen LogP contribution in [-0.4, -0.2) is 43.5 Å². The molecule has 0 aromatic heterocycles. The van der Waals surface area contributed by atoms with Gasteiger partial charge in [0.25, 0.3) is 0 Å². The summed E-state index contributed by atoms with van der Waals surface area (Å²) < 4.78 is 1.11. The van der Waals surface area contributed by atoms with Crippen LogP contribution in [0.4, 0.5) is 5.69 Å². The van der Waals surface area contributed by atoms with Crippen LogP contribution in [0, 0.1) is 0 Å². The van der Waals surface area contributed by atoms with E-state index in [-0.39, 0.29) is 5.91 Å². The van der Waals surface area contributed by atoms with Crippen LogP contribution in [0.3, 0.4) is 0 Å². The van der Waals surface area contributed by atoms with Gasteiger partial charge in [-0.2, -0.15) is 0 Å². The molecule has 1 fully saturated rings. The van der Waals surface area contributed by atoms with Gasteiger partial charge in [-0.3, -0.25) is 4.79 Å². The molecule has 0 aliphatic carbocycles. The lowest BCUT2D eigenvalue weighted by Crippen LogP contribution is -2.48. The van der Waals surface area contributed by atoms with E-state index in [0.717, 1.165) is 50.2 Å². The van der Waals surface area contributed by atoms with E-state index in [1.807, 2.05) is 4.90 Å². The molecule has 0 saturated carbocycles. The molecule has 1 saturated heterocycles. The Morgan fingerprint density at radius 2 is 2.00 bits per heavy atom. The summed E-state index contributed by atoms with van der Waals surface area (Å²) in [6.07, 6.45) is 1.14. The molecule has 1 N–H and O–H groups in total. The largest absolute Gasteiger partial charge is 0.368 e. The number of anilines is 1. The van der Waals surface area contributed by atoms with Crippen molar-refractivity contribution >= 4 is 27.5 Å². The molecule has 4 nitrogen and oxygen atoms in total. The molecule has 1 aromatic rings. The highest BCUT2D eigenvalue weighted by Gasteiger charge is 2.20. The summed E-state index contributed by atoms with van der Waals surface area (Å²) in [5.41, 5.74) is 2.60. The molecule has 1 amide bonds. The van der Waals surface area contributed by atoms with Gasteiger partial charge in [-0.05, 0) is 36.7 Å². The average molecular weight is 354 g/mol. The number of hydrogen-bond donors (Lipinski definition) is 1. The first-order valence-corrected chi connectivity index (χ1v) is 8.40. The second kappa shape index (κ2) is 7.80. The predicted octanol–water partition coefficient (Wildman–Crippen LogP) is 2.62. The number of carbonyl (C=O) groups excluding carboxylic acids is 1. The number of hydrogen-bond acceptors (Lipinski definition) is 3. The Balaban J connectivity index is 2.06. The first-order valence-electron chi connectivity index (χ1n) is 7.61. The van der Waals surface area contributed by atoms with Gasteiger partial charge in [0.1, 0.15) is 0 Å². The summed E-state index contributed by atoms with van der Waals surface area (Å²) in [6.45, 7) is 9.18. The lowest BCUT2D eigenvalue weighted by Gasteiger charge is -2.36. The van der Waals surface area contributed by atoms with Crippen LogP contribution in [0.1, 0.15) is 25.8 Å². The molecule has 1 aromatic carbocycles. The van der Waals surface area contributed by atoms with Crippen molar-refractivity contribution in [3.8, 4) is 0 Å². The highest BCUT2D eigenvalue weighted by atomic mass is 79.9. The van der Waals surface area contributed by atoms with E-state index in [1.54, 1.807) is 6.92 Å². The molecule has 0 bridgehead atoms. The van der Waals surface area contributed by atoms with E-state index in [9.17, 15) is 4.79 Å². The van der Waals surface area contributed by atoms with Crippen molar-refractivity contribution in [3.63, 3.8) is 0 Å². The maximum Gasteiger partial charge on any atom is 0.219 e. The molecule has 1 heterocycles. The maximum atomic E-state index is 11.4. The number of carbonyl (C=O) groups is 1. The maximum absolute atomic E-state index is 11.4. The quantitative estimate of drug-likeness (QED) is 0.826. The van der Waals surface area contributed by atoms with E-state index < -0.39 is 0 Å². The second-order valence-electron chi connectivity index (χ2n) is 5.44. The highest BCUT2D eigenvalue weighted by Crippen LogP contribution is 2.25. The van der Waals surface area contributed by atoms with E-state index in [1.165, 1.54) is 11.3 Å². The van der Waals surface area contributed by atoms with Crippen LogP contribution in [-0.2, 0) is 11.3 Å². The number of rotatable bonds is 5. The zero-order valence-electron chi connectivity index (χ0n) is 12.9. The number of nitrogens with zero attached hydrogens (tertiary/aromatic N) is 2. The van der Waals surface area contributed by atoms with Crippen LogP contribution < -0.4 is 10.2 Å². The number of nitrogens with one attached hydrogen (secondary N) is 1. The molecule has 0 spiro atoms. The molecule has 116 valence electrons. The zero-order valence-corrected chi connectivity index (χ0v) is 14.4. The van der Waals surface area contributed by atoms with Crippen molar-refractivity contribution in [2.75, 3.05) is 37.6 Å². The molecular weight excluding hydrogens is 330 g/mol. The molecule has 0 radical (unpaired) electrons. The topological polar surface area (TPSA) is 35.6 Å². The molecule has 1 aliphatic rings. The van der Waals surface area contributed by atoms with Crippen LogP contribution in [0.2, 0.25) is 0 Å². The lowest BCUT2D eigenvalue weighted by molar-refractivity contribution is -0.129. The van der Waals surface area contributed by atoms with Crippen molar-refractivity contribution in [2.24, 2.45) is 0 Å². The van der Waals surface area contributed by atoms with Crippen molar-refractivity contribution < 1.29 is 4.79 Å². The van der Waals surface area contributed by atoms with Crippen molar-refractivity contribution in [1.82, 2.24) is 10.2 Å². The van der Waals surface area contributed by atoms with E-state index in [0.29, 0.717) is 0 Å². The van der Waals surface area contributed by atoms with Gasteiger partial charge in [-0.25, -0.2) is 0 Å². The normalized spacial score (nSPS) is 15.4. The summed E-state index contributed by atoms with van der Waals surface area (Å²) in [6, 6.07) is 6.46. The molecule has 5 heteroatoms. The predicted molar refractivity (Wildman–Crippen MR) is 90.6 cm³/mol. The van der Waals surface area contributed by atoms with Gasteiger partial charge in [-0.1, -0.05) is 22.9 Å². The highest BCUT2D eigenvalue weighted by molar-refractivity contribution is 9.10. The third-order valence-corrected chi connectivity index (χ3v) is 4.34. The first kappa shape index (κ1) is 16.3. The molecule has 1 aliphatic heterocycles. The molecule has 0 atom stereocenters. The van der Waals surface area contributed by atoms with Gasteiger partial charge in [0.05, 0.1) is 0 Å². The third-order valence-electron chi connectivity index (χ3n) is 3.85. The smallest absolute Gasteiger partial charge is 0.219 e. The number of halogens is 1. The fourth-order valence-corrected chi connectivity index (χ4v) is 3.07. The second-order valence-corrected chi connectivity index (χ2v) is 6.36. The Labute approximate surface area is 135 Å². The van der Waals surface area contributed by atoms with Crippen LogP contribution in [0.15, 0.2) is 22.7 Å². The Bertz CT molecular complexity index is 484. The van der Waals surface area contributed by atoms with Crippen molar-refractivity contribution in [1.29, 1.82) is 0 Å². The van der Waals surface area contributed by atoms with E-state index >= 15 is 0 Å². The summed E-state index contributed by atoms with van der Waals surface area (Å²) in [4.78, 5) is 15.7. The Morgan fingerprint density at radius 3 is 2.62 bits per heavy atom. The first-order chi connectivity index (χ1) is 10.1. The third kappa shape index (κ3) is 4.45. The number of amides is 1. The van der Waals surface area contributed by atoms with Crippen LogP contribution >= 0.6 is 15.9 Å². The number of benzene rings is 1. The van der Waals surface area contributed by atoms with E-state index in [4.69, 9.17) is 0 Å². The number of piperazine rings is 1. The Morgan fingerprint density at radius 1 is 1.29 bits per heavy atom.